The van der Waals surface area contributed by atoms with E-state index in [-0.39, 0.29) is 36.6 Å². The van der Waals surface area contributed by atoms with Gasteiger partial charge in [0.05, 0.1) is 25.2 Å². The summed E-state index contributed by atoms with van der Waals surface area (Å²) in [5.41, 5.74) is -0.642. The van der Waals surface area contributed by atoms with Gasteiger partial charge in [-0.2, -0.15) is 0 Å². The molecule has 0 aliphatic rings. The summed E-state index contributed by atoms with van der Waals surface area (Å²) in [7, 11) is -3.99. The largest absolute Gasteiger partial charge is 0.472 e. The second-order valence-electron chi connectivity index (χ2n) is 8.93. The van der Waals surface area contributed by atoms with Gasteiger partial charge in [0.15, 0.2) is 0 Å². The van der Waals surface area contributed by atoms with Gasteiger partial charge in [0.2, 0.25) is 0 Å². The van der Waals surface area contributed by atoms with Crippen LogP contribution in [0.5, 0.6) is 0 Å². The van der Waals surface area contributed by atoms with Gasteiger partial charge in [0.25, 0.3) is 0 Å². The van der Waals surface area contributed by atoms with Crippen LogP contribution in [0.1, 0.15) is 74.7 Å². The summed E-state index contributed by atoms with van der Waals surface area (Å²) < 4.78 is 26.1. The highest BCUT2D eigenvalue weighted by Crippen LogP contribution is 2.43. The molecule has 0 saturated heterocycles. The predicted molar refractivity (Wildman–Crippen MR) is 108 cm³/mol. The maximum Gasteiger partial charge on any atom is 0.472 e. The number of rotatable bonds is 13. The number of hydrogen-bond donors (Lipinski definition) is 1. The molecular formula is C20H39O6P. The van der Waals surface area contributed by atoms with E-state index in [2.05, 4.69) is 51.3 Å². The Morgan fingerprint density at radius 3 is 2.04 bits per heavy atom. The molecule has 0 amide bonds. The van der Waals surface area contributed by atoms with Crippen LogP contribution in [0.3, 0.4) is 0 Å². The number of ether oxygens (including phenoxy) is 1. The van der Waals surface area contributed by atoms with Gasteiger partial charge < -0.3 is 9.63 Å². The molecule has 7 heteroatoms. The first-order chi connectivity index (χ1) is 12.2. The molecule has 0 fully saturated rings. The van der Waals surface area contributed by atoms with Crippen LogP contribution in [0.25, 0.3) is 0 Å². The molecule has 0 aromatic carbocycles. The van der Waals surface area contributed by atoms with Gasteiger partial charge in [0.1, 0.15) is 0 Å². The number of carbonyl (C=O) groups excluding carboxylic acids is 1. The van der Waals surface area contributed by atoms with Crippen LogP contribution in [0, 0.1) is 16.2 Å². The number of phosphoric ester groups is 1. The van der Waals surface area contributed by atoms with E-state index in [1.165, 1.54) is 0 Å². The SMILES string of the molecule is CCOP(=O)(O)OCCCOC(=O)C(C)(C)CC(C)(C)/C=C\C(C)(C)CC. The zero-order chi connectivity index (χ0) is 21.4. The Balaban J connectivity index is 4.49. The third-order valence-corrected chi connectivity index (χ3v) is 5.51. The molecule has 160 valence electrons. The Kier molecular flexibility index (Phi) is 10.5. The third kappa shape index (κ3) is 11.7. The molecule has 0 heterocycles. The summed E-state index contributed by atoms with van der Waals surface area (Å²) in [6.45, 7) is 16.4. The highest BCUT2D eigenvalue weighted by molar-refractivity contribution is 7.47. The minimum atomic E-state index is -3.99. The van der Waals surface area contributed by atoms with Gasteiger partial charge in [-0.3, -0.25) is 13.8 Å². The molecule has 0 rings (SSSR count). The second-order valence-corrected chi connectivity index (χ2v) is 10.4. The van der Waals surface area contributed by atoms with Gasteiger partial charge >= 0.3 is 13.8 Å². The molecule has 0 bridgehead atoms. The minimum Gasteiger partial charge on any atom is -0.465 e. The molecule has 6 nitrogen and oxygen atoms in total. The summed E-state index contributed by atoms with van der Waals surface area (Å²) in [6.07, 6.45) is 6.44. The van der Waals surface area contributed by atoms with Crippen molar-refractivity contribution in [3.05, 3.63) is 12.2 Å². The Bertz CT molecular complexity index is 537. The van der Waals surface area contributed by atoms with Crippen LogP contribution in [-0.2, 0) is 23.1 Å². The fourth-order valence-electron chi connectivity index (χ4n) is 2.64. The lowest BCUT2D eigenvalue weighted by Crippen LogP contribution is -2.32. The van der Waals surface area contributed by atoms with E-state index in [1.807, 2.05) is 13.8 Å². The van der Waals surface area contributed by atoms with E-state index in [0.717, 1.165) is 6.42 Å². The number of hydrogen-bond acceptors (Lipinski definition) is 5. The lowest BCUT2D eigenvalue weighted by Gasteiger charge is -2.32. The Morgan fingerprint density at radius 1 is 0.963 bits per heavy atom. The first-order valence-electron chi connectivity index (χ1n) is 9.66. The molecule has 0 spiro atoms. The van der Waals surface area contributed by atoms with Gasteiger partial charge in [-0.15, -0.1) is 0 Å². The maximum absolute atomic E-state index is 12.4. The van der Waals surface area contributed by atoms with Crippen LogP contribution >= 0.6 is 7.82 Å². The average Bonchev–Trinajstić information content (AvgIpc) is 2.51. The van der Waals surface area contributed by atoms with Gasteiger partial charge in [-0.25, -0.2) is 4.57 Å². The van der Waals surface area contributed by atoms with Crippen molar-refractivity contribution in [3.63, 3.8) is 0 Å². The lowest BCUT2D eigenvalue weighted by atomic mass is 9.73. The lowest BCUT2D eigenvalue weighted by molar-refractivity contribution is -0.155. The standard InChI is InChI=1S/C20H39O6P/c1-9-18(3,4)12-13-19(5,6)16-20(7,8)17(21)24-14-11-15-26-27(22,23)25-10-2/h12-13H,9-11,14-16H2,1-8H3,(H,22,23)/b13-12-. The molecule has 0 radical (unpaired) electrons. The van der Waals surface area contributed by atoms with Crippen molar-refractivity contribution < 1.29 is 28.0 Å². The molecular weight excluding hydrogens is 367 g/mol. The Morgan fingerprint density at radius 2 is 1.52 bits per heavy atom. The molecule has 1 unspecified atom stereocenters. The zero-order valence-corrected chi connectivity index (χ0v) is 19.2. The molecule has 1 atom stereocenters. The van der Waals surface area contributed by atoms with Crippen LogP contribution in [-0.4, -0.2) is 30.7 Å². The van der Waals surface area contributed by atoms with E-state index in [4.69, 9.17) is 9.26 Å². The molecule has 0 aromatic rings. The first-order valence-corrected chi connectivity index (χ1v) is 11.2. The highest BCUT2D eigenvalue weighted by atomic mass is 31.2. The molecule has 27 heavy (non-hydrogen) atoms. The van der Waals surface area contributed by atoms with Crippen molar-refractivity contribution in [2.24, 2.45) is 16.2 Å². The molecule has 1 N–H and O–H groups in total. The Hall–Kier alpha value is -0.680. The summed E-state index contributed by atoms with van der Waals surface area (Å²) >= 11 is 0. The van der Waals surface area contributed by atoms with Crippen LogP contribution < -0.4 is 0 Å². The number of esters is 1. The third-order valence-electron chi connectivity index (χ3n) is 4.42. The topological polar surface area (TPSA) is 82.1 Å². The molecule has 0 aliphatic carbocycles. The second kappa shape index (κ2) is 10.8. The van der Waals surface area contributed by atoms with Crippen molar-refractivity contribution in [2.75, 3.05) is 19.8 Å². The fourth-order valence-corrected chi connectivity index (χ4v) is 3.40. The van der Waals surface area contributed by atoms with Gasteiger partial charge in [-0.05, 0) is 44.4 Å². The van der Waals surface area contributed by atoms with E-state index in [1.54, 1.807) is 6.92 Å². The predicted octanol–water partition coefficient (Wildman–Crippen LogP) is 5.51. The fraction of sp³-hybridized carbons (Fsp3) is 0.850. The van der Waals surface area contributed by atoms with Crippen LogP contribution in [0.4, 0.5) is 0 Å². The summed E-state index contributed by atoms with van der Waals surface area (Å²) in [5, 5.41) is 0. The highest BCUT2D eigenvalue weighted by Gasteiger charge is 2.35. The van der Waals surface area contributed by atoms with Crippen molar-refractivity contribution in [1.29, 1.82) is 0 Å². The van der Waals surface area contributed by atoms with E-state index in [0.29, 0.717) is 12.8 Å². The van der Waals surface area contributed by atoms with Crippen molar-refractivity contribution in [1.82, 2.24) is 0 Å². The number of carbonyl (C=O) groups is 1. The number of allylic oxidation sites excluding steroid dienone is 2. The smallest absolute Gasteiger partial charge is 0.465 e. The van der Waals surface area contributed by atoms with Crippen molar-refractivity contribution in [3.8, 4) is 0 Å². The van der Waals surface area contributed by atoms with Crippen LogP contribution in [0.2, 0.25) is 0 Å². The van der Waals surface area contributed by atoms with Gasteiger partial charge in [0, 0.05) is 6.42 Å². The monoisotopic (exact) mass is 406 g/mol. The Labute approximate surface area is 165 Å². The maximum atomic E-state index is 12.4. The molecule has 0 saturated carbocycles. The van der Waals surface area contributed by atoms with Gasteiger partial charge in [-0.1, -0.05) is 46.8 Å². The van der Waals surface area contributed by atoms with Crippen molar-refractivity contribution in [2.45, 2.75) is 74.7 Å². The molecule has 0 aromatic heterocycles. The summed E-state index contributed by atoms with van der Waals surface area (Å²) in [5.74, 6) is -0.282. The minimum absolute atomic E-state index is 0.0121. The summed E-state index contributed by atoms with van der Waals surface area (Å²) in [6, 6.07) is 0. The zero-order valence-electron chi connectivity index (χ0n) is 18.3. The van der Waals surface area contributed by atoms with Crippen LogP contribution in [0.15, 0.2) is 12.2 Å². The van der Waals surface area contributed by atoms with E-state index >= 15 is 0 Å². The average molecular weight is 407 g/mol. The quantitative estimate of drug-likeness (QED) is 0.188. The van der Waals surface area contributed by atoms with Crippen molar-refractivity contribution >= 4 is 13.8 Å². The molecule has 0 aliphatic heterocycles. The summed E-state index contributed by atoms with van der Waals surface area (Å²) in [4.78, 5) is 21.7. The normalized spacial score (nSPS) is 15.7. The first kappa shape index (κ1) is 26.3. The van der Waals surface area contributed by atoms with E-state index in [9.17, 15) is 14.3 Å². The van der Waals surface area contributed by atoms with E-state index < -0.39 is 13.2 Å². The number of phosphoric acid groups is 1.